The second-order valence-electron chi connectivity index (χ2n) is 6.09. The summed E-state index contributed by atoms with van der Waals surface area (Å²) in [4.78, 5) is 31.9. The molecule has 2 aromatic heterocycles. The van der Waals surface area contributed by atoms with Gasteiger partial charge < -0.3 is 9.88 Å². The maximum absolute atomic E-state index is 13.2. The van der Waals surface area contributed by atoms with Gasteiger partial charge in [-0.05, 0) is 18.9 Å². The molecule has 136 valence electrons. The van der Waals surface area contributed by atoms with Gasteiger partial charge in [0.25, 0.3) is 17.9 Å². The average Bonchev–Trinajstić information content (AvgIpc) is 3.07. The van der Waals surface area contributed by atoms with E-state index in [9.17, 15) is 18.4 Å². The molecule has 1 N–H and O–H groups in total. The summed E-state index contributed by atoms with van der Waals surface area (Å²) < 4.78 is 28.0. The van der Waals surface area contributed by atoms with Gasteiger partial charge in [0.05, 0.1) is 11.3 Å². The van der Waals surface area contributed by atoms with E-state index in [0.717, 1.165) is 6.07 Å². The Morgan fingerprint density at radius 1 is 1.42 bits per heavy atom. The number of carbonyl (C=O) groups is 1. The van der Waals surface area contributed by atoms with Gasteiger partial charge in [-0.25, -0.2) is 13.8 Å². The van der Waals surface area contributed by atoms with Crippen LogP contribution in [0.4, 0.5) is 8.78 Å². The fourth-order valence-electron chi connectivity index (χ4n) is 3.03. The number of piperidine rings is 1. The van der Waals surface area contributed by atoms with Crippen LogP contribution in [0, 0.1) is 11.3 Å². The summed E-state index contributed by atoms with van der Waals surface area (Å²) in [6.07, 6.45) is -0.210. The van der Waals surface area contributed by atoms with Crippen LogP contribution in [0.1, 0.15) is 52.6 Å². The summed E-state index contributed by atoms with van der Waals surface area (Å²) in [5.74, 6) is 0.171. The van der Waals surface area contributed by atoms with Gasteiger partial charge in [0.2, 0.25) is 0 Å². The van der Waals surface area contributed by atoms with E-state index >= 15 is 0 Å². The van der Waals surface area contributed by atoms with Gasteiger partial charge in [0.1, 0.15) is 18.0 Å². The molecule has 0 aliphatic carbocycles. The first-order valence-corrected chi connectivity index (χ1v) is 8.01. The number of H-pyrrole nitrogens is 1. The first kappa shape index (κ1) is 17.7. The monoisotopic (exact) mass is 362 g/mol. The molecule has 1 saturated heterocycles. The lowest BCUT2D eigenvalue weighted by molar-refractivity contribution is 0.0697. The van der Waals surface area contributed by atoms with Crippen molar-refractivity contribution < 1.29 is 13.6 Å². The Labute approximate surface area is 147 Å². The standard InChI is InChI=1S/C16H16F2N6O2/c1-23-8-20-14(22-23)9-2-4-24(5-3-9)16(26)11-6-10(7-19)15(25)21-12(11)13(17)18/h6,8-9,13H,2-5H2,1H3,(H,21,25). The lowest BCUT2D eigenvalue weighted by Crippen LogP contribution is -2.39. The Morgan fingerprint density at radius 2 is 2.12 bits per heavy atom. The van der Waals surface area contributed by atoms with Crippen molar-refractivity contribution in [3.63, 3.8) is 0 Å². The molecule has 0 unspecified atom stereocenters. The molecule has 8 nitrogen and oxygen atoms in total. The number of rotatable bonds is 3. The molecule has 1 amide bonds. The van der Waals surface area contributed by atoms with E-state index in [0.29, 0.717) is 31.8 Å². The first-order chi connectivity index (χ1) is 12.4. The minimum absolute atomic E-state index is 0.0973. The Hall–Kier alpha value is -3.09. The van der Waals surface area contributed by atoms with Gasteiger partial charge in [0.15, 0.2) is 5.82 Å². The van der Waals surface area contributed by atoms with Crippen molar-refractivity contribution in [2.45, 2.75) is 25.2 Å². The molecule has 0 spiro atoms. The molecular formula is C16H16F2N6O2. The predicted octanol–water partition coefficient (Wildman–Crippen LogP) is 1.33. The van der Waals surface area contributed by atoms with Crippen LogP contribution in [0.5, 0.6) is 0 Å². The molecule has 0 aromatic carbocycles. The van der Waals surface area contributed by atoms with Gasteiger partial charge in [-0.1, -0.05) is 0 Å². The van der Waals surface area contributed by atoms with Gasteiger partial charge in [0, 0.05) is 26.1 Å². The fourth-order valence-corrected chi connectivity index (χ4v) is 3.03. The molecule has 0 atom stereocenters. The predicted molar refractivity (Wildman–Crippen MR) is 85.6 cm³/mol. The van der Waals surface area contributed by atoms with Gasteiger partial charge in [-0.2, -0.15) is 10.4 Å². The number of pyridine rings is 1. The van der Waals surface area contributed by atoms with Crippen molar-refractivity contribution >= 4 is 5.91 Å². The quantitative estimate of drug-likeness (QED) is 0.886. The van der Waals surface area contributed by atoms with E-state index in [4.69, 9.17) is 5.26 Å². The number of aromatic nitrogens is 4. The first-order valence-electron chi connectivity index (χ1n) is 8.01. The van der Waals surface area contributed by atoms with Crippen molar-refractivity contribution in [2.75, 3.05) is 13.1 Å². The Balaban J connectivity index is 1.80. The number of nitrogens with one attached hydrogen (secondary N) is 1. The number of hydrogen-bond donors (Lipinski definition) is 1. The Morgan fingerprint density at radius 3 is 2.65 bits per heavy atom. The third-order valence-corrected chi connectivity index (χ3v) is 4.41. The van der Waals surface area contributed by atoms with Crippen molar-refractivity contribution in [1.29, 1.82) is 5.26 Å². The van der Waals surface area contributed by atoms with Gasteiger partial charge >= 0.3 is 0 Å². The summed E-state index contributed by atoms with van der Waals surface area (Å²) >= 11 is 0. The van der Waals surface area contributed by atoms with Crippen LogP contribution in [0.2, 0.25) is 0 Å². The maximum Gasteiger partial charge on any atom is 0.279 e. The Kier molecular flexibility index (Phi) is 4.79. The number of nitrogens with zero attached hydrogens (tertiary/aromatic N) is 5. The number of likely N-dealkylation sites (tertiary alicyclic amines) is 1. The summed E-state index contributed by atoms with van der Waals surface area (Å²) in [7, 11) is 1.77. The maximum atomic E-state index is 13.2. The third kappa shape index (κ3) is 3.33. The van der Waals surface area contributed by atoms with Crippen molar-refractivity contribution in [2.24, 2.45) is 7.05 Å². The minimum Gasteiger partial charge on any atom is -0.339 e. The molecule has 0 bridgehead atoms. The lowest BCUT2D eigenvalue weighted by atomic mass is 9.95. The van der Waals surface area contributed by atoms with E-state index in [-0.39, 0.29) is 17.0 Å². The van der Waals surface area contributed by atoms with Crippen LogP contribution in [-0.2, 0) is 7.05 Å². The zero-order chi connectivity index (χ0) is 18.8. The Bertz CT molecular complexity index is 922. The lowest BCUT2D eigenvalue weighted by Gasteiger charge is -2.31. The molecule has 1 fully saturated rings. The zero-order valence-electron chi connectivity index (χ0n) is 13.9. The molecule has 0 saturated carbocycles. The number of amides is 1. The van der Waals surface area contributed by atoms with Crippen LogP contribution in [0.3, 0.4) is 0 Å². The summed E-state index contributed by atoms with van der Waals surface area (Å²) in [5.41, 5.74) is -2.40. The molecule has 2 aromatic rings. The van der Waals surface area contributed by atoms with Crippen LogP contribution >= 0.6 is 0 Å². The topological polar surface area (TPSA) is 108 Å². The smallest absolute Gasteiger partial charge is 0.279 e. The van der Waals surface area contributed by atoms with E-state index in [1.807, 2.05) is 4.98 Å². The second kappa shape index (κ2) is 7.03. The zero-order valence-corrected chi connectivity index (χ0v) is 13.9. The van der Waals surface area contributed by atoms with Crippen molar-refractivity contribution in [1.82, 2.24) is 24.6 Å². The number of carbonyl (C=O) groups excluding carboxylic acids is 1. The van der Waals surface area contributed by atoms with E-state index in [2.05, 4.69) is 10.1 Å². The minimum atomic E-state index is -3.02. The molecule has 10 heteroatoms. The summed E-state index contributed by atoms with van der Waals surface area (Å²) in [6, 6.07) is 2.55. The van der Waals surface area contributed by atoms with Crippen LogP contribution in [-0.4, -0.2) is 43.6 Å². The molecule has 1 aliphatic rings. The highest BCUT2D eigenvalue weighted by Crippen LogP contribution is 2.28. The fraction of sp³-hybridized carbons (Fsp3) is 0.438. The van der Waals surface area contributed by atoms with E-state index < -0.39 is 23.6 Å². The highest BCUT2D eigenvalue weighted by Gasteiger charge is 2.30. The highest BCUT2D eigenvalue weighted by atomic mass is 19.3. The van der Waals surface area contributed by atoms with Crippen LogP contribution < -0.4 is 5.56 Å². The number of hydrogen-bond acceptors (Lipinski definition) is 5. The molecule has 3 rings (SSSR count). The van der Waals surface area contributed by atoms with Crippen LogP contribution in [0.25, 0.3) is 0 Å². The van der Waals surface area contributed by atoms with Crippen molar-refractivity contribution in [3.05, 3.63) is 45.4 Å². The average molecular weight is 362 g/mol. The third-order valence-electron chi connectivity index (χ3n) is 4.41. The van der Waals surface area contributed by atoms with E-state index in [1.165, 1.54) is 4.90 Å². The number of halogens is 2. The van der Waals surface area contributed by atoms with Gasteiger partial charge in [-0.15, -0.1) is 0 Å². The van der Waals surface area contributed by atoms with E-state index in [1.54, 1.807) is 24.1 Å². The molecule has 26 heavy (non-hydrogen) atoms. The number of nitriles is 1. The van der Waals surface area contributed by atoms with Gasteiger partial charge in [-0.3, -0.25) is 14.3 Å². The van der Waals surface area contributed by atoms with Crippen LogP contribution in [0.15, 0.2) is 17.2 Å². The normalized spacial score (nSPS) is 15.3. The molecule has 1 aliphatic heterocycles. The molecule has 0 radical (unpaired) electrons. The SMILES string of the molecule is Cn1cnc(C2CCN(C(=O)c3cc(C#N)c(=O)[nH]c3C(F)F)CC2)n1. The van der Waals surface area contributed by atoms with Crippen molar-refractivity contribution in [3.8, 4) is 6.07 Å². The number of aryl methyl sites for hydroxylation is 1. The summed E-state index contributed by atoms with van der Waals surface area (Å²) in [6.45, 7) is 0.705. The highest BCUT2D eigenvalue weighted by molar-refractivity contribution is 5.95. The second-order valence-corrected chi connectivity index (χ2v) is 6.09. The number of alkyl halides is 2. The molecular weight excluding hydrogens is 346 g/mol. The summed E-state index contributed by atoms with van der Waals surface area (Å²) in [5, 5.41) is 13.2. The molecule has 3 heterocycles. The largest absolute Gasteiger partial charge is 0.339 e. The number of aromatic amines is 1.